The third kappa shape index (κ3) is 2.75. The van der Waals surface area contributed by atoms with Gasteiger partial charge in [-0.05, 0) is 80.1 Å². The van der Waals surface area contributed by atoms with Gasteiger partial charge in [-0.15, -0.1) is 5.10 Å². The quantitative estimate of drug-likeness (QED) is 0.764. The molecule has 0 aromatic carbocycles. The van der Waals surface area contributed by atoms with Gasteiger partial charge in [0.15, 0.2) is 0 Å². The smallest absolute Gasteiger partial charge is 0.226 e. The van der Waals surface area contributed by atoms with Crippen molar-refractivity contribution in [1.29, 1.82) is 0 Å². The Balaban J connectivity index is 1.38. The van der Waals surface area contributed by atoms with E-state index in [-0.39, 0.29) is 16.9 Å². The van der Waals surface area contributed by atoms with Crippen LogP contribution < -0.4 is 5.32 Å². The molecule has 4 fully saturated rings. The molecule has 2 unspecified atom stereocenters. The fraction of sp³-hybridized carbons (Fsp3) is 0.700. The highest BCUT2D eigenvalue weighted by Crippen LogP contribution is 2.64. The molecule has 8 heteroatoms. The van der Waals surface area contributed by atoms with E-state index in [1.165, 1.54) is 6.42 Å². The zero-order valence-electron chi connectivity index (χ0n) is 16.5. The third-order valence-corrected chi connectivity index (χ3v) is 7.77. The van der Waals surface area contributed by atoms with Crippen LogP contribution in [0.2, 0.25) is 0 Å². The number of hydrogen-bond acceptors (Lipinski definition) is 4. The highest BCUT2D eigenvalue weighted by molar-refractivity contribution is 9.10. The molecule has 2 atom stereocenters. The summed E-state index contributed by atoms with van der Waals surface area (Å²) in [5.41, 5.74) is 1.92. The number of hydrogen-bond donors (Lipinski definition) is 1. The summed E-state index contributed by atoms with van der Waals surface area (Å²) < 4.78 is 4.65. The SMILES string of the molecule is CCn1ncc(CNC(=O)C23CC4CC(C2)CC(n2cnc(Br)n2)(C4)C3)c1C. The average Bonchev–Trinajstić information content (AvgIpc) is 3.24. The number of rotatable bonds is 5. The zero-order valence-corrected chi connectivity index (χ0v) is 18.1. The van der Waals surface area contributed by atoms with Crippen molar-refractivity contribution in [1.82, 2.24) is 29.9 Å². The number of halogens is 1. The Morgan fingerprint density at radius 2 is 2.07 bits per heavy atom. The van der Waals surface area contributed by atoms with Gasteiger partial charge in [-0.2, -0.15) is 5.10 Å². The number of nitrogens with one attached hydrogen (secondary N) is 1. The number of aromatic nitrogens is 5. The largest absolute Gasteiger partial charge is 0.351 e. The van der Waals surface area contributed by atoms with Crippen LogP contribution in [0.25, 0.3) is 0 Å². The summed E-state index contributed by atoms with van der Waals surface area (Å²) in [5.74, 6) is 1.44. The van der Waals surface area contributed by atoms with Gasteiger partial charge in [-0.25, -0.2) is 9.67 Å². The lowest BCUT2D eigenvalue weighted by Crippen LogP contribution is -2.61. The molecule has 4 aliphatic carbocycles. The highest BCUT2D eigenvalue weighted by atomic mass is 79.9. The van der Waals surface area contributed by atoms with Crippen LogP contribution in [0.4, 0.5) is 0 Å². The van der Waals surface area contributed by atoms with Gasteiger partial charge >= 0.3 is 0 Å². The van der Waals surface area contributed by atoms with Crippen molar-refractivity contribution in [2.24, 2.45) is 17.3 Å². The fourth-order valence-corrected chi connectivity index (χ4v) is 6.82. The monoisotopic (exact) mass is 446 g/mol. The van der Waals surface area contributed by atoms with Gasteiger partial charge < -0.3 is 5.32 Å². The maximum absolute atomic E-state index is 13.4. The first kappa shape index (κ1) is 18.3. The van der Waals surface area contributed by atoms with Crippen molar-refractivity contribution in [2.45, 2.75) is 71.0 Å². The third-order valence-electron chi connectivity index (χ3n) is 7.41. The number of nitrogens with zero attached hydrogens (tertiary/aromatic N) is 5. The molecule has 2 aromatic heterocycles. The Morgan fingerprint density at radius 3 is 2.68 bits per heavy atom. The minimum Gasteiger partial charge on any atom is -0.351 e. The summed E-state index contributed by atoms with van der Waals surface area (Å²) in [6, 6.07) is 0. The molecule has 7 nitrogen and oxygen atoms in total. The average molecular weight is 447 g/mol. The van der Waals surface area contributed by atoms with Crippen molar-refractivity contribution in [2.75, 3.05) is 0 Å². The van der Waals surface area contributed by atoms with Crippen molar-refractivity contribution >= 4 is 21.8 Å². The second-order valence-electron chi connectivity index (χ2n) is 9.18. The van der Waals surface area contributed by atoms with E-state index in [1.54, 1.807) is 0 Å². The molecular formula is C20H27BrN6O. The standard InChI is InChI=1S/C20H27BrN6O/c1-3-26-13(2)16(10-24-26)9-22-17(28)19-5-14-4-15(6-19)8-20(7-14,11-19)27-12-23-18(21)25-27/h10,12,14-15H,3-9,11H2,1-2H3,(H,22,28). The Labute approximate surface area is 173 Å². The van der Waals surface area contributed by atoms with Gasteiger partial charge in [0.25, 0.3) is 0 Å². The second kappa shape index (κ2) is 6.40. The first-order valence-corrected chi connectivity index (χ1v) is 11.1. The van der Waals surface area contributed by atoms with E-state index in [0.717, 1.165) is 49.9 Å². The van der Waals surface area contributed by atoms with Crippen molar-refractivity contribution in [3.63, 3.8) is 0 Å². The molecule has 150 valence electrons. The lowest BCUT2D eigenvalue weighted by molar-refractivity contribution is -0.156. The molecule has 4 saturated carbocycles. The highest BCUT2D eigenvalue weighted by Gasteiger charge is 2.61. The molecule has 4 aliphatic rings. The van der Waals surface area contributed by atoms with E-state index >= 15 is 0 Å². The van der Waals surface area contributed by atoms with E-state index in [4.69, 9.17) is 0 Å². The molecule has 6 rings (SSSR count). The summed E-state index contributed by atoms with van der Waals surface area (Å²) >= 11 is 3.39. The van der Waals surface area contributed by atoms with Crippen LogP contribution in [-0.2, 0) is 23.4 Å². The maximum Gasteiger partial charge on any atom is 0.226 e. The van der Waals surface area contributed by atoms with E-state index in [2.05, 4.69) is 50.3 Å². The molecular weight excluding hydrogens is 420 g/mol. The number of aryl methyl sites for hydroxylation is 1. The zero-order chi connectivity index (χ0) is 19.5. The maximum atomic E-state index is 13.4. The molecule has 1 N–H and O–H groups in total. The topological polar surface area (TPSA) is 77.6 Å². The number of amides is 1. The number of carbonyl (C=O) groups is 1. The van der Waals surface area contributed by atoms with E-state index in [0.29, 0.717) is 23.1 Å². The van der Waals surface area contributed by atoms with Gasteiger partial charge in [-0.3, -0.25) is 9.48 Å². The molecule has 28 heavy (non-hydrogen) atoms. The molecule has 1 amide bonds. The van der Waals surface area contributed by atoms with Crippen LogP contribution in [-0.4, -0.2) is 30.5 Å². The summed E-state index contributed by atoms with van der Waals surface area (Å²) in [6.45, 7) is 5.56. The van der Waals surface area contributed by atoms with Crippen molar-refractivity contribution in [3.05, 3.63) is 28.5 Å². The van der Waals surface area contributed by atoms with Gasteiger partial charge in [0.1, 0.15) is 6.33 Å². The van der Waals surface area contributed by atoms with Gasteiger partial charge in [0.2, 0.25) is 10.6 Å². The first-order valence-electron chi connectivity index (χ1n) is 10.3. The number of carbonyl (C=O) groups excluding carboxylic acids is 1. The summed E-state index contributed by atoms with van der Waals surface area (Å²) in [6.07, 6.45) is 10.1. The molecule has 0 spiro atoms. The minimum atomic E-state index is -0.267. The Morgan fingerprint density at radius 1 is 1.32 bits per heavy atom. The lowest BCUT2D eigenvalue weighted by atomic mass is 9.46. The Kier molecular flexibility index (Phi) is 4.19. The van der Waals surface area contributed by atoms with Crippen LogP contribution in [0.15, 0.2) is 17.3 Å². The normalized spacial score (nSPS) is 33.4. The van der Waals surface area contributed by atoms with Crippen LogP contribution in [0, 0.1) is 24.2 Å². The lowest BCUT2D eigenvalue weighted by Gasteiger charge is -2.60. The fourth-order valence-electron chi connectivity index (χ4n) is 6.56. The van der Waals surface area contributed by atoms with E-state index in [1.807, 2.05) is 21.9 Å². The molecule has 0 radical (unpaired) electrons. The molecule has 4 bridgehead atoms. The van der Waals surface area contributed by atoms with Crippen LogP contribution >= 0.6 is 15.9 Å². The van der Waals surface area contributed by atoms with Gasteiger partial charge in [0, 0.05) is 24.3 Å². The van der Waals surface area contributed by atoms with Crippen molar-refractivity contribution in [3.8, 4) is 0 Å². The molecule has 2 heterocycles. The van der Waals surface area contributed by atoms with Crippen LogP contribution in [0.5, 0.6) is 0 Å². The van der Waals surface area contributed by atoms with Crippen molar-refractivity contribution < 1.29 is 4.79 Å². The second-order valence-corrected chi connectivity index (χ2v) is 9.89. The predicted octanol–water partition coefficient (Wildman–Crippen LogP) is 3.18. The van der Waals surface area contributed by atoms with Gasteiger partial charge in [0.05, 0.1) is 17.2 Å². The summed E-state index contributed by atoms with van der Waals surface area (Å²) in [5, 5.41) is 12.2. The Bertz CT molecular complexity index is 904. The molecule has 0 aliphatic heterocycles. The predicted molar refractivity (Wildman–Crippen MR) is 107 cm³/mol. The Hall–Kier alpha value is -1.70. The van der Waals surface area contributed by atoms with Crippen LogP contribution in [0.3, 0.4) is 0 Å². The van der Waals surface area contributed by atoms with E-state index in [9.17, 15) is 4.79 Å². The minimum absolute atomic E-state index is 0.0521. The first-order chi connectivity index (χ1) is 13.4. The molecule has 2 aromatic rings. The molecule has 0 saturated heterocycles. The summed E-state index contributed by atoms with van der Waals surface area (Å²) in [4.78, 5) is 17.7. The van der Waals surface area contributed by atoms with E-state index < -0.39 is 0 Å². The van der Waals surface area contributed by atoms with Crippen LogP contribution in [0.1, 0.15) is 56.7 Å². The van der Waals surface area contributed by atoms with Gasteiger partial charge in [-0.1, -0.05) is 0 Å². The summed E-state index contributed by atoms with van der Waals surface area (Å²) in [7, 11) is 0.